The van der Waals surface area contributed by atoms with Crippen LogP contribution in [0, 0.1) is 0 Å². The highest BCUT2D eigenvalue weighted by Crippen LogP contribution is 2.08. The number of ether oxygens (including phenoxy) is 1. The number of anilines is 1. The molecule has 0 saturated heterocycles. The zero-order valence-corrected chi connectivity index (χ0v) is 11.1. The molecule has 0 aliphatic heterocycles. The molecule has 1 rings (SSSR count). The lowest BCUT2D eigenvalue weighted by Crippen LogP contribution is -2.10. The second-order valence-electron chi connectivity index (χ2n) is 3.67. The first-order chi connectivity index (χ1) is 8.42. The van der Waals surface area contributed by atoms with Crippen LogP contribution in [0.2, 0.25) is 0 Å². The predicted molar refractivity (Wildman–Crippen MR) is 65.3 cm³/mol. The minimum absolute atomic E-state index is 0.0856. The van der Waals surface area contributed by atoms with Crippen LogP contribution in [0.15, 0.2) is 10.7 Å². The van der Waals surface area contributed by atoms with Gasteiger partial charge >= 0.3 is 5.97 Å². The number of sulfone groups is 1. The molecule has 0 radical (unpaired) electrons. The van der Waals surface area contributed by atoms with Crippen LogP contribution in [0.1, 0.15) is 23.8 Å². The molecule has 0 atom stereocenters. The van der Waals surface area contributed by atoms with Crippen molar-refractivity contribution in [2.24, 2.45) is 0 Å². The van der Waals surface area contributed by atoms with Gasteiger partial charge in [-0.25, -0.2) is 13.2 Å². The summed E-state index contributed by atoms with van der Waals surface area (Å²) in [4.78, 5) is 15.1. The van der Waals surface area contributed by atoms with E-state index in [0.29, 0.717) is 13.0 Å². The summed E-state index contributed by atoms with van der Waals surface area (Å²) in [5.74, 6) is -0.462. The topological polar surface area (TPSA) is 98.5 Å². The molecule has 0 bridgehead atoms. The van der Waals surface area contributed by atoms with Crippen molar-refractivity contribution in [3.8, 4) is 0 Å². The van der Waals surface area contributed by atoms with Gasteiger partial charge in [-0.3, -0.25) is 0 Å². The van der Waals surface area contributed by atoms with E-state index in [1.54, 1.807) is 6.92 Å². The van der Waals surface area contributed by atoms with E-state index in [9.17, 15) is 13.2 Å². The fraction of sp³-hybridized carbons (Fsp3) is 0.600. The Morgan fingerprint density at radius 2 is 2.28 bits per heavy atom. The smallest absolute Gasteiger partial charge is 0.360 e. The number of rotatable bonds is 7. The van der Waals surface area contributed by atoms with E-state index in [-0.39, 0.29) is 24.1 Å². The standard InChI is InChI=1S/C10H16N2O5S/c1-3-16-9(13)8-7-17-10(12-8)11-5-4-6-18(2,14)15/h7H,3-6H2,1-2H3,(H,11,12). The monoisotopic (exact) mass is 276 g/mol. The average molecular weight is 276 g/mol. The summed E-state index contributed by atoms with van der Waals surface area (Å²) in [6.07, 6.45) is 2.81. The number of nitrogens with one attached hydrogen (secondary N) is 1. The van der Waals surface area contributed by atoms with Gasteiger partial charge in [-0.2, -0.15) is 4.98 Å². The van der Waals surface area contributed by atoms with E-state index in [4.69, 9.17) is 9.15 Å². The molecule has 1 heterocycles. The van der Waals surface area contributed by atoms with Crippen LogP contribution < -0.4 is 5.32 Å². The number of hydrogen-bond acceptors (Lipinski definition) is 7. The summed E-state index contributed by atoms with van der Waals surface area (Å²) in [5.41, 5.74) is 0.0856. The molecule has 8 heteroatoms. The number of carbonyl (C=O) groups excluding carboxylic acids is 1. The van der Waals surface area contributed by atoms with Crippen molar-refractivity contribution in [3.05, 3.63) is 12.0 Å². The second-order valence-corrected chi connectivity index (χ2v) is 5.93. The minimum atomic E-state index is -2.96. The molecule has 1 aromatic rings. The highest BCUT2D eigenvalue weighted by Gasteiger charge is 2.12. The van der Waals surface area contributed by atoms with Crippen molar-refractivity contribution in [3.63, 3.8) is 0 Å². The largest absolute Gasteiger partial charge is 0.461 e. The molecule has 1 aromatic heterocycles. The second kappa shape index (κ2) is 6.39. The molecule has 0 aliphatic rings. The van der Waals surface area contributed by atoms with Gasteiger partial charge in [0.25, 0.3) is 6.01 Å². The van der Waals surface area contributed by atoms with Crippen LogP contribution >= 0.6 is 0 Å². The third kappa shape index (κ3) is 5.17. The van der Waals surface area contributed by atoms with Crippen molar-refractivity contribution < 1.29 is 22.4 Å². The van der Waals surface area contributed by atoms with Gasteiger partial charge < -0.3 is 14.5 Å². The third-order valence-electron chi connectivity index (χ3n) is 1.96. The number of esters is 1. The number of hydrogen-bond donors (Lipinski definition) is 1. The fourth-order valence-corrected chi connectivity index (χ4v) is 1.85. The van der Waals surface area contributed by atoms with Gasteiger partial charge in [0.2, 0.25) is 0 Å². The van der Waals surface area contributed by atoms with Crippen LogP contribution in [0.4, 0.5) is 6.01 Å². The Hall–Kier alpha value is -1.57. The SMILES string of the molecule is CCOC(=O)c1coc(NCCCS(C)(=O)=O)n1. The Balaban J connectivity index is 2.38. The molecule has 0 fully saturated rings. The zero-order chi connectivity index (χ0) is 13.6. The van der Waals surface area contributed by atoms with E-state index in [1.807, 2.05) is 0 Å². The van der Waals surface area contributed by atoms with Gasteiger partial charge in [0.15, 0.2) is 5.69 Å². The van der Waals surface area contributed by atoms with Gasteiger partial charge in [0.05, 0.1) is 12.4 Å². The van der Waals surface area contributed by atoms with Crippen LogP contribution in [-0.4, -0.2) is 44.5 Å². The van der Waals surface area contributed by atoms with Crippen molar-refractivity contribution >= 4 is 21.8 Å². The minimum Gasteiger partial charge on any atom is -0.461 e. The van der Waals surface area contributed by atoms with Crippen molar-refractivity contribution in [1.29, 1.82) is 0 Å². The summed E-state index contributed by atoms with van der Waals surface area (Å²) in [6, 6.07) is 0.173. The van der Waals surface area contributed by atoms with E-state index < -0.39 is 15.8 Å². The molecule has 1 N–H and O–H groups in total. The van der Waals surface area contributed by atoms with Crippen LogP contribution in [0.5, 0.6) is 0 Å². The molecule has 7 nitrogen and oxygen atoms in total. The lowest BCUT2D eigenvalue weighted by Gasteiger charge is -2.00. The normalized spacial score (nSPS) is 11.2. The molecule has 0 saturated carbocycles. The van der Waals surface area contributed by atoms with Crippen LogP contribution in [0.25, 0.3) is 0 Å². The molecular formula is C10H16N2O5S. The quantitative estimate of drug-likeness (QED) is 0.578. The lowest BCUT2D eigenvalue weighted by atomic mass is 10.5. The summed E-state index contributed by atoms with van der Waals surface area (Å²) in [6.45, 7) is 2.36. The van der Waals surface area contributed by atoms with Gasteiger partial charge in [-0.05, 0) is 13.3 Å². The van der Waals surface area contributed by atoms with Crippen LogP contribution in [-0.2, 0) is 14.6 Å². The third-order valence-corrected chi connectivity index (χ3v) is 2.99. The maximum Gasteiger partial charge on any atom is 0.360 e. The van der Waals surface area contributed by atoms with Gasteiger partial charge in [-0.15, -0.1) is 0 Å². The van der Waals surface area contributed by atoms with Crippen molar-refractivity contribution in [2.75, 3.05) is 30.5 Å². The van der Waals surface area contributed by atoms with E-state index in [1.165, 1.54) is 12.5 Å². The Morgan fingerprint density at radius 1 is 1.56 bits per heavy atom. The van der Waals surface area contributed by atoms with Crippen molar-refractivity contribution in [2.45, 2.75) is 13.3 Å². The number of carbonyl (C=O) groups is 1. The Labute approximate surface area is 105 Å². The Bertz CT molecular complexity index is 494. The first-order valence-corrected chi connectivity index (χ1v) is 7.52. The molecule has 0 spiro atoms. The highest BCUT2D eigenvalue weighted by molar-refractivity contribution is 7.90. The molecular weight excluding hydrogens is 260 g/mol. The van der Waals surface area contributed by atoms with Gasteiger partial charge in [0, 0.05) is 12.8 Å². The van der Waals surface area contributed by atoms with Crippen molar-refractivity contribution in [1.82, 2.24) is 4.98 Å². The first kappa shape index (κ1) is 14.5. The van der Waals surface area contributed by atoms with Gasteiger partial charge in [-0.1, -0.05) is 0 Å². The van der Waals surface area contributed by atoms with E-state index in [0.717, 1.165) is 0 Å². The van der Waals surface area contributed by atoms with E-state index >= 15 is 0 Å². The number of aromatic nitrogens is 1. The molecule has 18 heavy (non-hydrogen) atoms. The van der Waals surface area contributed by atoms with Gasteiger partial charge in [0.1, 0.15) is 16.1 Å². The molecule has 0 aliphatic carbocycles. The van der Waals surface area contributed by atoms with E-state index in [2.05, 4.69) is 10.3 Å². The molecule has 102 valence electrons. The maximum absolute atomic E-state index is 11.3. The molecule has 0 amide bonds. The number of nitrogens with zero attached hydrogens (tertiary/aromatic N) is 1. The maximum atomic E-state index is 11.3. The summed E-state index contributed by atoms with van der Waals surface area (Å²) >= 11 is 0. The fourth-order valence-electron chi connectivity index (χ4n) is 1.18. The predicted octanol–water partition coefficient (Wildman–Crippen LogP) is 0.698. The first-order valence-electron chi connectivity index (χ1n) is 5.46. The Morgan fingerprint density at radius 3 is 2.89 bits per heavy atom. The average Bonchev–Trinajstić information content (AvgIpc) is 2.72. The number of oxazole rings is 1. The zero-order valence-electron chi connectivity index (χ0n) is 10.3. The lowest BCUT2D eigenvalue weighted by molar-refractivity contribution is 0.0519. The Kier molecular flexibility index (Phi) is 5.14. The summed E-state index contributed by atoms with van der Waals surface area (Å²) < 4.78 is 31.5. The molecule has 0 unspecified atom stereocenters. The van der Waals surface area contributed by atoms with Crippen LogP contribution in [0.3, 0.4) is 0 Å². The summed E-state index contributed by atoms with van der Waals surface area (Å²) in [7, 11) is -2.96. The summed E-state index contributed by atoms with van der Waals surface area (Å²) in [5, 5.41) is 2.78. The highest BCUT2D eigenvalue weighted by atomic mass is 32.2. The molecule has 0 aromatic carbocycles.